The Morgan fingerprint density at radius 2 is 2.00 bits per heavy atom. The van der Waals surface area contributed by atoms with Gasteiger partial charge >= 0.3 is 0 Å². The molecule has 0 saturated carbocycles. The quantitative estimate of drug-likeness (QED) is 0.688. The molecule has 2 aromatic heterocycles. The van der Waals surface area contributed by atoms with Crippen LogP contribution in [-0.2, 0) is 25.3 Å². The summed E-state index contributed by atoms with van der Waals surface area (Å²) >= 11 is 0. The highest BCUT2D eigenvalue weighted by Gasteiger charge is 2.54. The first-order valence-electron chi connectivity index (χ1n) is 8.72. The Bertz CT molecular complexity index is 895. The van der Waals surface area contributed by atoms with Gasteiger partial charge < -0.3 is 4.52 Å². The monoisotopic (exact) mass is 319 g/mol. The molecule has 0 N–H and O–H groups in total. The van der Waals surface area contributed by atoms with Crippen LogP contribution < -0.4 is 0 Å². The Balaban J connectivity index is 1.84. The van der Waals surface area contributed by atoms with Crippen molar-refractivity contribution in [3.63, 3.8) is 0 Å². The number of benzene rings is 1. The molecule has 4 nitrogen and oxygen atoms in total. The van der Waals surface area contributed by atoms with Gasteiger partial charge in [0.2, 0.25) is 0 Å². The molecule has 24 heavy (non-hydrogen) atoms. The summed E-state index contributed by atoms with van der Waals surface area (Å²) in [6, 6.07) is 11.0. The fourth-order valence-electron chi connectivity index (χ4n) is 5.31. The van der Waals surface area contributed by atoms with Crippen LogP contribution in [0.4, 0.5) is 0 Å². The molecule has 2 aliphatic rings. The zero-order valence-electron chi connectivity index (χ0n) is 14.1. The molecule has 2 heterocycles. The van der Waals surface area contributed by atoms with E-state index >= 15 is 0 Å². The molecule has 0 unspecified atom stereocenters. The van der Waals surface area contributed by atoms with Crippen LogP contribution in [0.15, 0.2) is 47.2 Å². The van der Waals surface area contributed by atoms with Gasteiger partial charge in [-0.3, -0.25) is 4.68 Å². The van der Waals surface area contributed by atoms with E-state index in [1.54, 1.807) is 0 Å². The van der Waals surface area contributed by atoms with Crippen molar-refractivity contribution in [3.8, 4) is 0 Å². The van der Waals surface area contributed by atoms with E-state index in [2.05, 4.69) is 65.4 Å². The SMILES string of the molecule is C[C@@H]1c2oncc2C[C@]2(c3ccccc3)c3c(cnn3C)CC[C@@H]12. The number of nitrogens with zero attached hydrogens (tertiary/aromatic N) is 3. The lowest BCUT2D eigenvalue weighted by Crippen LogP contribution is -2.48. The summed E-state index contributed by atoms with van der Waals surface area (Å²) in [5.74, 6) is 1.94. The zero-order valence-corrected chi connectivity index (χ0v) is 14.1. The Hall–Kier alpha value is -2.36. The maximum atomic E-state index is 5.63. The van der Waals surface area contributed by atoms with Crippen molar-refractivity contribution in [1.82, 2.24) is 14.9 Å². The van der Waals surface area contributed by atoms with Gasteiger partial charge in [0.25, 0.3) is 0 Å². The van der Waals surface area contributed by atoms with Crippen LogP contribution in [0, 0.1) is 5.92 Å². The lowest BCUT2D eigenvalue weighted by atomic mass is 9.53. The van der Waals surface area contributed by atoms with Gasteiger partial charge in [-0.05, 0) is 36.3 Å². The first-order valence-corrected chi connectivity index (χ1v) is 8.72. The topological polar surface area (TPSA) is 43.9 Å². The third-order valence-corrected chi connectivity index (χ3v) is 6.25. The highest BCUT2D eigenvalue weighted by Crippen LogP contribution is 2.56. The normalized spacial score (nSPS) is 28.1. The van der Waals surface area contributed by atoms with E-state index in [0.717, 1.165) is 25.0 Å². The lowest BCUT2D eigenvalue weighted by Gasteiger charge is -2.49. The van der Waals surface area contributed by atoms with E-state index in [1.165, 1.54) is 22.4 Å². The van der Waals surface area contributed by atoms with Crippen molar-refractivity contribution in [3.05, 3.63) is 70.9 Å². The molecule has 0 fully saturated rings. The summed E-state index contributed by atoms with van der Waals surface area (Å²) in [6.07, 6.45) is 7.17. The first kappa shape index (κ1) is 14.0. The predicted molar refractivity (Wildman–Crippen MR) is 90.9 cm³/mol. The van der Waals surface area contributed by atoms with Crippen molar-refractivity contribution in [1.29, 1.82) is 0 Å². The smallest absolute Gasteiger partial charge is 0.143 e. The minimum Gasteiger partial charge on any atom is -0.361 e. The highest BCUT2D eigenvalue weighted by molar-refractivity contribution is 5.48. The van der Waals surface area contributed by atoms with Gasteiger partial charge in [0.15, 0.2) is 0 Å². The van der Waals surface area contributed by atoms with E-state index in [-0.39, 0.29) is 5.41 Å². The van der Waals surface area contributed by atoms with E-state index in [9.17, 15) is 0 Å². The van der Waals surface area contributed by atoms with Gasteiger partial charge in [0.1, 0.15) is 5.76 Å². The number of fused-ring (bicyclic) bond motifs is 4. The molecule has 2 aliphatic carbocycles. The highest BCUT2D eigenvalue weighted by atomic mass is 16.5. The maximum Gasteiger partial charge on any atom is 0.143 e. The number of aryl methyl sites for hydroxylation is 2. The molecule has 0 spiro atoms. The molecule has 3 atom stereocenters. The molecular weight excluding hydrogens is 298 g/mol. The van der Waals surface area contributed by atoms with Crippen LogP contribution >= 0.6 is 0 Å². The third kappa shape index (κ3) is 1.63. The van der Waals surface area contributed by atoms with Crippen molar-refractivity contribution in [2.24, 2.45) is 13.0 Å². The van der Waals surface area contributed by atoms with Gasteiger partial charge in [-0.15, -0.1) is 0 Å². The first-order chi connectivity index (χ1) is 11.7. The molecule has 0 amide bonds. The number of hydrogen-bond donors (Lipinski definition) is 0. The summed E-state index contributed by atoms with van der Waals surface area (Å²) in [7, 11) is 2.08. The summed E-state index contributed by atoms with van der Waals surface area (Å²) < 4.78 is 7.72. The van der Waals surface area contributed by atoms with Crippen LogP contribution in [-0.4, -0.2) is 14.9 Å². The number of aromatic nitrogens is 3. The molecule has 5 rings (SSSR count). The average Bonchev–Trinajstić information content (AvgIpc) is 3.23. The fourth-order valence-corrected chi connectivity index (χ4v) is 5.31. The lowest BCUT2D eigenvalue weighted by molar-refractivity contribution is 0.185. The second-order valence-corrected chi connectivity index (χ2v) is 7.31. The minimum absolute atomic E-state index is 0.0436. The Morgan fingerprint density at radius 3 is 2.83 bits per heavy atom. The van der Waals surface area contributed by atoms with Gasteiger partial charge in [0, 0.05) is 23.9 Å². The van der Waals surface area contributed by atoms with Crippen LogP contribution in [0.2, 0.25) is 0 Å². The summed E-state index contributed by atoms with van der Waals surface area (Å²) in [6.45, 7) is 2.30. The van der Waals surface area contributed by atoms with Gasteiger partial charge in [-0.1, -0.05) is 42.4 Å². The molecule has 3 aromatic rings. The second kappa shape index (κ2) is 4.82. The second-order valence-electron chi connectivity index (χ2n) is 7.31. The molecule has 122 valence electrons. The average molecular weight is 319 g/mol. The van der Waals surface area contributed by atoms with Crippen molar-refractivity contribution in [2.45, 2.75) is 37.5 Å². The molecule has 0 radical (unpaired) electrons. The van der Waals surface area contributed by atoms with Crippen molar-refractivity contribution in [2.75, 3.05) is 0 Å². The zero-order chi connectivity index (χ0) is 16.3. The number of rotatable bonds is 1. The molecule has 0 saturated heterocycles. The van der Waals surface area contributed by atoms with Gasteiger partial charge in [-0.25, -0.2) is 0 Å². The van der Waals surface area contributed by atoms with E-state index in [4.69, 9.17) is 4.52 Å². The molecule has 1 aromatic carbocycles. The minimum atomic E-state index is -0.0436. The van der Waals surface area contributed by atoms with E-state index in [0.29, 0.717) is 11.8 Å². The van der Waals surface area contributed by atoms with E-state index < -0.39 is 0 Å². The predicted octanol–water partition coefficient (Wildman–Crippen LogP) is 3.62. The van der Waals surface area contributed by atoms with Crippen LogP contribution in [0.5, 0.6) is 0 Å². The summed E-state index contributed by atoms with van der Waals surface area (Å²) in [5.41, 5.74) is 5.36. The molecule has 4 heteroatoms. The van der Waals surface area contributed by atoms with Gasteiger partial charge in [0.05, 0.1) is 18.1 Å². The Morgan fingerprint density at radius 1 is 1.17 bits per heavy atom. The standard InChI is InChI=1S/C20H21N3O/c1-13-17-9-8-14-11-21-23(2)19(14)20(17,16-6-4-3-5-7-16)10-15-12-22-24-18(13)15/h3-7,11-13,17H,8-10H2,1-2H3/t13-,17-,20+/m0/s1. The van der Waals surface area contributed by atoms with E-state index in [1.807, 2.05) is 6.20 Å². The maximum absolute atomic E-state index is 5.63. The third-order valence-electron chi connectivity index (χ3n) is 6.25. The van der Waals surface area contributed by atoms with Crippen molar-refractivity contribution >= 4 is 0 Å². The van der Waals surface area contributed by atoms with Crippen LogP contribution in [0.1, 0.15) is 47.4 Å². The Labute approximate surface area is 141 Å². The molecule has 0 aliphatic heterocycles. The fraction of sp³-hybridized carbons (Fsp3) is 0.400. The van der Waals surface area contributed by atoms with Crippen LogP contribution in [0.3, 0.4) is 0 Å². The molecular formula is C20H21N3O. The largest absolute Gasteiger partial charge is 0.361 e. The molecule has 0 bridgehead atoms. The van der Waals surface area contributed by atoms with Crippen molar-refractivity contribution < 1.29 is 4.52 Å². The summed E-state index contributed by atoms with van der Waals surface area (Å²) in [5, 5.41) is 8.71. The number of hydrogen-bond acceptors (Lipinski definition) is 3. The summed E-state index contributed by atoms with van der Waals surface area (Å²) in [4.78, 5) is 0. The van der Waals surface area contributed by atoms with Gasteiger partial charge in [-0.2, -0.15) is 5.10 Å². The Kier molecular flexibility index (Phi) is 2.82. The van der Waals surface area contributed by atoms with Crippen LogP contribution in [0.25, 0.3) is 0 Å².